The van der Waals surface area contributed by atoms with Crippen molar-refractivity contribution >= 4 is 0 Å². The molecule has 2 rings (SSSR count). The Bertz CT molecular complexity index is 288. The Morgan fingerprint density at radius 2 is 2.08 bits per heavy atom. The second-order valence-corrected chi connectivity index (χ2v) is 3.03. The molecule has 0 amide bonds. The summed E-state index contributed by atoms with van der Waals surface area (Å²) in [6, 6.07) is 9.64. The van der Waals surface area contributed by atoms with Crippen LogP contribution in [0.3, 0.4) is 0 Å². The molecule has 2 heteroatoms. The molecule has 2 nitrogen and oxygen atoms in total. The second kappa shape index (κ2) is 3.23. The summed E-state index contributed by atoms with van der Waals surface area (Å²) < 4.78 is 11.0. The largest absolute Gasteiger partial charge is 0.459 e. The van der Waals surface area contributed by atoms with Crippen molar-refractivity contribution < 1.29 is 9.47 Å². The highest BCUT2D eigenvalue weighted by Gasteiger charge is 2.37. The Balaban J connectivity index is 2.09. The molecule has 0 radical (unpaired) electrons. The van der Waals surface area contributed by atoms with Gasteiger partial charge in [0.05, 0.1) is 6.61 Å². The molecule has 1 unspecified atom stereocenters. The lowest BCUT2D eigenvalue weighted by molar-refractivity contribution is -0.229. The molecule has 13 heavy (non-hydrogen) atoms. The summed E-state index contributed by atoms with van der Waals surface area (Å²) >= 11 is 0. The van der Waals surface area contributed by atoms with Crippen LogP contribution in [0.25, 0.3) is 0 Å². The minimum atomic E-state index is -0.568. The standard InChI is InChI=1S/C11H12O2/c1-2-11(8-9-12-11)13-10-6-4-3-5-7-10/h2-7H,1,8-9H2. The maximum Gasteiger partial charge on any atom is 0.232 e. The molecule has 0 spiro atoms. The molecule has 1 aromatic rings. The van der Waals surface area contributed by atoms with Gasteiger partial charge in [-0.2, -0.15) is 0 Å². The molecule has 1 fully saturated rings. The lowest BCUT2D eigenvalue weighted by Gasteiger charge is -2.38. The molecule has 1 saturated heterocycles. The first kappa shape index (κ1) is 8.32. The van der Waals surface area contributed by atoms with Crippen molar-refractivity contribution in [1.29, 1.82) is 0 Å². The van der Waals surface area contributed by atoms with Crippen LogP contribution in [0.2, 0.25) is 0 Å². The van der Waals surface area contributed by atoms with Crippen molar-refractivity contribution in [2.75, 3.05) is 6.61 Å². The number of rotatable bonds is 3. The van der Waals surface area contributed by atoms with E-state index in [-0.39, 0.29) is 0 Å². The zero-order valence-electron chi connectivity index (χ0n) is 7.40. The van der Waals surface area contributed by atoms with Crippen LogP contribution in [0.4, 0.5) is 0 Å². The molecule has 0 bridgehead atoms. The fraction of sp³-hybridized carbons (Fsp3) is 0.273. The van der Waals surface area contributed by atoms with E-state index >= 15 is 0 Å². The SMILES string of the molecule is C=CC1(Oc2ccccc2)CCO1. The van der Waals surface area contributed by atoms with Gasteiger partial charge < -0.3 is 9.47 Å². The van der Waals surface area contributed by atoms with Crippen molar-refractivity contribution in [2.45, 2.75) is 12.2 Å². The number of ether oxygens (including phenoxy) is 2. The molecule has 1 heterocycles. The molecule has 1 atom stereocenters. The predicted molar refractivity (Wildman–Crippen MR) is 50.6 cm³/mol. The zero-order chi connectivity index (χ0) is 9.15. The van der Waals surface area contributed by atoms with Crippen molar-refractivity contribution in [2.24, 2.45) is 0 Å². The lowest BCUT2D eigenvalue weighted by Crippen LogP contribution is -2.46. The summed E-state index contributed by atoms with van der Waals surface area (Å²) in [6.07, 6.45) is 2.59. The van der Waals surface area contributed by atoms with E-state index in [0.29, 0.717) is 0 Å². The van der Waals surface area contributed by atoms with Crippen LogP contribution in [0.5, 0.6) is 5.75 Å². The van der Waals surface area contributed by atoms with Crippen LogP contribution in [0.15, 0.2) is 43.0 Å². The van der Waals surface area contributed by atoms with E-state index in [0.717, 1.165) is 18.8 Å². The van der Waals surface area contributed by atoms with E-state index < -0.39 is 5.79 Å². The van der Waals surface area contributed by atoms with E-state index in [1.54, 1.807) is 6.08 Å². The fourth-order valence-electron chi connectivity index (χ4n) is 1.27. The summed E-state index contributed by atoms with van der Waals surface area (Å²) in [5.74, 6) is 0.253. The minimum Gasteiger partial charge on any atom is -0.459 e. The first-order chi connectivity index (χ1) is 6.35. The second-order valence-electron chi connectivity index (χ2n) is 3.03. The van der Waals surface area contributed by atoms with Crippen LogP contribution in [-0.2, 0) is 4.74 Å². The van der Waals surface area contributed by atoms with E-state index in [9.17, 15) is 0 Å². The van der Waals surface area contributed by atoms with Crippen molar-refractivity contribution in [1.82, 2.24) is 0 Å². The zero-order valence-corrected chi connectivity index (χ0v) is 7.40. The molecule has 1 aliphatic rings. The molecule has 0 N–H and O–H groups in total. The topological polar surface area (TPSA) is 18.5 Å². The summed E-state index contributed by atoms with van der Waals surface area (Å²) in [4.78, 5) is 0. The van der Waals surface area contributed by atoms with Gasteiger partial charge in [0.1, 0.15) is 5.75 Å². The van der Waals surface area contributed by atoms with Gasteiger partial charge >= 0.3 is 0 Å². The summed E-state index contributed by atoms with van der Waals surface area (Å²) in [6.45, 7) is 4.45. The van der Waals surface area contributed by atoms with Crippen LogP contribution in [-0.4, -0.2) is 12.4 Å². The quantitative estimate of drug-likeness (QED) is 0.658. The van der Waals surface area contributed by atoms with Crippen molar-refractivity contribution in [3.8, 4) is 5.75 Å². The van der Waals surface area contributed by atoms with Gasteiger partial charge in [0, 0.05) is 6.42 Å². The fourth-order valence-corrected chi connectivity index (χ4v) is 1.27. The summed E-state index contributed by atoms with van der Waals surface area (Å²) in [5, 5.41) is 0. The van der Waals surface area contributed by atoms with E-state index in [1.165, 1.54) is 0 Å². The van der Waals surface area contributed by atoms with Crippen LogP contribution in [0.1, 0.15) is 6.42 Å². The predicted octanol–water partition coefficient (Wildman–Crippen LogP) is 2.37. The molecule has 0 saturated carbocycles. The average molecular weight is 176 g/mol. The van der Waals surface area contributed by atoms with Gasteiger partial charge in [0.15, 0.2) is 0 Å². The number of hydrogen-bond donors (Lipinski definition) is 0. The van der Waals surface area contributed by atoms with Crippen molar-refractivity contribution in [3.63, 3.8) is 0 Å². The molecule has 1 aliphatic heterocycles. The first-order valence-corrected chi connectivity index (χ1v) is 4.36. The van der Waals surface area contributed by atoms with Crippen LogP contribution >= 0.6 is 0 Å². The Morgan fingerprint density at radius 1 is 1.38 bits per heavy atom. The molecule has 1 aromatic carbocycles. The molecule has 68 valence electrons. The Hall–Kier alpha value is -1.28. The minimum absolute atomic E-state index is 0.568. The Kier molecular flexibility index (Phi) is 2.07. The monoisotopic (exact) mass is 176 g/mol. The third-order valence-electron chi connectivity index (χ3n) is 2.14. The van der Waals surface area contributed by atoms with E-state index in [1.807, 2.05) is 30.3 Å². The Morgan fingerprint density at radius 3 is 2.54 bits per heavy atom. The molecule has 0 aliphatic carbocycles. The van der Waals surface area contributed by atoms with Gasteiger partial charge in [-0.25, -0.2) is 0 Å². The molecule has 0 aromatic heterocycles. The molecular formula is C11H12O2. The maximum absolute atomic E-state index is 5.65. The first-order valence-electron chi connectivity index (χ1n) is 4.36. The van der Waals surface area contributed by atoms with Crippen molar-refractivity contribution in [3.05, 3.63) is 43.0 Å². The number of para-hydroxylation sites is 1. The maximum atomic E-state index is 5.65. The van der Waals surface area contributed by atoms with Gasteiger partial charge in [0.2, 0.25) is 5.79 Å². The summed E-state index contributed by atoms with van der Waals surface area (Å²) in [5.41, 5.74) is 0. The van der Waals surface area contributed by atoms with Crippen LogP contribution in [0, 0.1) is 0 Å². The highest BCUT2D eigenvalue weighted by molar-refractivity contribution is 5.22. The third-order valence-corrected chi connectivity index (χ3v) is 2.14. The highest BCUT2D eigenvalue weighted by Crippen LogP contribution is 2.30. The van der Waals surface area contributed by atoms with Gasteiger partial charge in [-0.05, 0) is 18.2 Å². The lowest BCUT2D eigenvalue weighted by atomic mass is 10.1. The average Bonchev–Trinajstić information content (AvgIpc) is 2.13. The van der Waals surface area contributed by atoms with Gasteiger partial charge in [-0.15, -0.1) is 0 Å². The third kappa shape index (κ3) is 1.58. The van der Waals surface area contributed by atoms with Gasteiger partial charge in [0.25, 0.3) is 0 Å². The number of benzene rings is 1. The Labute approximate surface area is 77.8 Å². The highest BCUT2D eigenvalue weighted by atomic mass is 16.7. The normalized spacial score (nSPS) is 26.2. The van der Waals surface area contributed by atoms with Gasteiger partial charge in [-0.1, -0.05) is 24.8 Å². The van der Waals surface area contributed by atoms with E-state index in [4.69, 9.17) is 9.47 Å². The summed E-state index contributed by atoms with van der Waals surface area (Å²) in [7, 11) is 0. The number of hydrogen-bond acceptors (Lipinski definition) is 2. The molecular weight excluding hydrogens is 164 g/mol. The smallest absolute Gasteiger partial charge is 0.232 e. The van der Waals surface area contributed by atoms with E-state index in [2.05, 4.69) is 6.58 Å². The van der Waals surface area contributed by atoms with Crippen LogP contribution < -0.4 is 4.74 Å². The van der Waals surface area contributed by atoms with Gasteiger partial charge in [-0.3, -0.25) is 0 Å².